The average Bonchev–Trinajstić information content (AvgIpc) is 3.00. The summed E-state index contributed by atoms with van der Waals surface area (Å²) in [5.74, 6) is 0. The van der Waals surface area contributed by atoms with Crippen LogP contribution in [0.1, 0.15) is 18.9 Å². The Hall–Kier alpha value is -1.21. The summed E-state index contributed by atoms with van der Waals surface area (Å²) in [6.45, 7) is 1.65. The molecule has 2 N–H and O–H groups in total. The van der Waals surface area contributed by atoms with Crippen molar-refractivity contribution in [3.05, 3.63) is 53.4 Å². The predicted octanol–water partition coefficient (Wildman–Crippen LogP) is 2.41. The van der Waals surface area contributed by atoms with Crippen molar-refractivity contribution in [3.63, 3.8) is 0 Å². The van der Waals surface area contributed by atoms with Gasteiger partial charge in [-0.05, 0) is 36.8 Å². The lowest BCUT2D eigenvalue weighted by Gasteiger charge is -2.23. The summed E-state index contributed by atoms with van der Waals surface area (Å²) in [6, 6.07) is 13.1. The van der Waals surface area contributed by atoms with Crippen molar-refractivity contribution in [2.45, 2.75) is 29.6 Å². The summed E-state index contributed by atoms with van der Waals surface area (Å²) >= 11 is 1.16. The molecule has 0 radical (unpaired) electrons. The molecule has 0 aliphatic rings. The number of aryl methyl sites for hydroxylation is 1. The number of benzene rings is 1. The van der Waals surface area contributed by atoms with Gasteiger partial charge in [0, 0.05) is 6.54 Å². The first kappa shape index (κ1) is 16.2. The van der Waals surface area contributed by atoms with E-state index >= 15 is 0 Å². The van der Waals surface area contributed by atoms with E-state index in [-0.39, 0.29) is 10.8 Å². The molecule has 1 aromatic carbocycles. The zero-order valence-electron chi connectivity index (χ0n) is 11.8. The number of sulfonamides is 1. The predicted molar refractivity (Wildman–Crippen MR) is 84.9 cm³/mol. The van der Waals surface area contributed by atoms with E-state index in [2.05, 4.69) is 4.72 Å². The number of rotatable bonds is 7. The third-order valence-electron chi connectivity index (χ3n) is 3.20. The molecular weight excluding hydrogens is 306 g/mol. The van der Waals surface area contributed by atoms with Gasteiger partial charge in [-0.3, -0.25) is 0 Å². The lowest BCUT2D eigenvalue weighted by atomic mass is 9.97. The minimum absolute atomic E-state index is 0.0000664. The van der Waals surface area contributed by atoms with Crippen molar-refractivity contribution in [2.75, 3.05) is 6.54 Å². The molecular formula is C15H19NO3S2. The van der Waals surface area contributed by atoms with Crippen molar-refractivity contribution in [1.29, 1.82) is 0 Å². The molecule has 2 rings (SSSR count). The number of aliphatic hydroxyl groups is 1. The summed E-state index contributed by atoms with van der Waals surface area (Å²) in [5, 5.41) is 12.0. The molecule has 0 aliphatic heterocycles. The van der Waals surface area contributed by atoms with Crippen molar-refractivity contribution in [1.82, 2.24) is 4.72 Å². The molecule has 114 valence electrons. The molecule has 0 saturated heterocycles. The number of nitrogens with one attached hydrogen (secondary N) is 1. The van der Waals surface area contributed by atoms with Gasteiger partial charge in [-0.2, -0.15) is 0 Å². The maximum Gasteiger partial charge on any atom is 0.250 e. The summed E-state index contributed by atoms with van der Waals surface area (Å²) in [5.41, 5.74) is 0.0408. The quantitative estimate of drug-likeness (QED) is 0.821. The van der Waals surface area contributed by atoms with Crippen molar-refractivity contribution >= 4 is 21.4 Å². The molecule has 21 heavy (non-hydrogen) atoms. The third kappa shape index (κ3) is 4.93. The zero-order chi connectivity index (χ0) is 15.3. The Bertz CT molecular complexity index is 649. The largest absolute Gasteiger partial charge is 0.389 e. The van der Waals surface area contributed by atoms with E-state index in [1.165, 1.54) is 0 Å². The monoisotopic (exact) mass is 325 g/mol. The smallest absolute Gasteiger partial charge is 0.250 e. The second-order valence-corrected chi connectivity index (χ2v) is 8.18. The highest BCUT2D eigenvalue weighted by molar-refractivity contribution is 7.91. The van der Waals surface area contributed by atoms with Crippen LogP contribution >= 0.6 is 11.3 Å². The first-order chi connectivity index (χ1) is 9.89. The van der Waals surface area contributed by atoms with E-state index < -0.39 is 15.6 Å². The van der Waals surface area contributed by atoms with Gasteiger partial charge in [0.05, 0.1) is 5.60 Å². The topological polar surface area (TPSA) is 66.4 Å². The fourth-order valence-corrected chi connectivity index (χ4v) is 4.08. The van der Waals surface area contributed by atoms with Gasteiger partial charge in [0.1, 0.15) is 4.21 Å². The van der Waals surface area contributed by atoms with Crippen LogP contribution in [-0.2, 0) is 16.4 Å². The van der Waals surface area contributed by atoms with Crippen molar-refractivity contribution in [3.8, 4) is 0 Å². The minimum atomic E-state index is -3.52. The molecule has 0 unspecified atom stereocenters. The van der Waals surface area contributed by atoms with E-state index in [0.717, 1.165) is 16.9 Å². The molecule has 4 nitrogen and oxygen atoms in total. The van der Waals surface area contributed by atoms with Gasteiger partial charge in [0.25, 0.3) is 0 Å². The van der Waals surface area contributed by atoms with Crippen LogP contribution in [0.15, 0.2) is 52.1 Å². The van der Waals surface area contributed by atoms with Crippen molar-refractivity contribution < 1.29 is 13.5 Å². The van der Waals surface area contributed by atoms with Crippen LogP contribution in [0.4, 0.5) is 0 Å². The molecule has 1 heterocycles. The van der Waals surface area contributed by atoms with Gasteiger partial charge in [0.2, 0.25) is 10.0 Å². The highest BCUT2D eigenvalue weighted by atomic mass is 32.2. The van der Waals surface area contributed by atoms with Crippen LogP contribution in [-0.4, -0.2) is 25.7 Å². The fraction of sp³-hybridized carbons (Fsp3) is 0.333. The fourth-order valence-electron chi connectivity index (χ4n) is 1.88. The second-order valence-electron chi connectivity index (χ2n) is 5.24. The summed E-state index contributed by atoms with van der Waals surface area (Å²) in [7, 11) is -3.52. The first-order valence-electron chi connectivity index (χ1n) is 6.69. The molecule has 0 spiro atoms. The van der Waals surface area contributed by atoms with Gasteiger partial charge in [-0.1, -0.05) is 36.4 Å². The molecule has 0 fully saturated rings. The van der Waals surface area contributed by atoms with E-state index in [4.69, 9.17) is 0 Å². The molecule has 0 aliphatic carbocycles. The molecule has 1 aromatic heterocycles. The highest BCUT2D eigenvalue weighted by Crippen LogP contribution is 2.18. The number of thiophene rings is 1. The standard InChI is InChI=1S/C15H19NO3S2/c1-15(17,10-9-13-6-3-2-4-7-13)12-16-21(18,19)14-8-5-11-20-14/h2-8,11,16-17H,9-10,12H2,1H3/t15-/m0/s1. The lowest BCUT2D eigenvalue weighted by molar-refractivity contribution is 0.0565. The van der Waals surface area contributed by atoms with Crippen LogP contribution in [0.5, 0.6) is 0 Å². The Morgan fingerprint density at radius 3 is 2.52 bits per heavy atom. The second kappa shape index (κ2) is 6.70. The van der Waals surface area contributed by atoms with Crippen LogP contribution in [0.3, 0.4) is 0 Å². The van der Waals surface area contributed by atoms with Gasteiger partial charge in [-0.25, -0.2) is 13.1 Å². The van der Waals surface area contributed by atoms with E-state index in [1.54, 1.807) is 24.4 Å². The Balaban J connectivity index is 1.89. The Kier molecular flexibility index (Phi) is 5.16. The van der Waals surface area contributed by atoms with Gasteiger partial charge >= 0.3 is 0 Å². The SMILES string of the molecule is C[C@](O)(CCc1ccccc1)CNS(=O)(=O)c1cccs1. The van der Waals surface area contributed by atoms with E-state index in [1.807, 2.05) is 30.3 Å². The first-order valence-corrected chi connectivity index (χ1v) is 9.05. The van der Waals surface area contributed by atoms with Gasteiger partial charge < -0.3 is 5.11 Å². The normalized spacial score (nSPS) is 14.8. The molecule has 0 amide bonds. The minimum Gasteiger partial charge on any atom is -0.389 e. The van der Waals surface area contributed by atoms with Crippen LogP contribution in [0.25, 0.3) is 0 Å². The molecule has 2 aromatic rings. The van der Waals surface area contributed by atoms with Crippen molar-refractivity contribution in [2.24, 2.45) is 0 Å². The lowest BCUT2D eigenvalue weighted by Crippen LogP contribution is -2.40. The van der Waals surface area contributed by atoms with Crippen LogP contribution in [0, 0.1) is 0 Å². The molecule has 6 heteroatoms. The summed E-state index contributed by atoms with van der Waals surface area (Å²) < 4.78 is 26.7. The average molecular weight is 325 g/mol. The molecule has 0 bridgehead atoms. The van der Waals surface area contributed by atoms with Gasteiger partial charge in [-0.15, -0.1) is 11.3 Å². The van der Waals surface area contributed by atoms with Crippen LogP contribution in [0.2, 0.25) is 0 Å². The number of hydrogen-bond acceptors (Lipinski definition) is 4. The third-order valence-corrected chi connectivity index (χ3v) is 6.00. The Morgan fingerprint density at radius 2 is 1.90 bits per heavy atom. The number of hydrogen-bond donors (Lipinski definition) is 2. The van der Waals surface area contributed by atoms with E-state index in [9.17, 15) is 13.5 Å². The Morgan fingerprint density at radius 1 is 1.19 bits per heavy atom. The maximum atomic E-state index is 12.0. The Labute approximate surface area is 129 Å². The maximum absolute atomic E-state index is 12.0. The summed E-state index contributed by atoms with van der Waals surface area (Å²) in [4.78, 5) is 0. The van der Waals surface area contributed by atoms with E-state index in [0.29, 0.717) is 12.8 Å². The molecule has 1 atom stereocenters. The zero-order valence-corrected chi connectivity index (χ0v) is 13.5. The molecule has 0 saturated carbocycles. The highest BCUT2D eigenvalue weighted by Gasteiger charge is 2.24. The summed E-state index contributed by atoms with van der Waals surface area (Å²) in [6.07, 6.45) is 1.19. The van der Waals surface area contributed by atoms with Crippen LogP contribution < -0.4 is 4.72 Å². The van der Waals surface area contributed by atoms with Gasteiger partial charge in [0.15, 0.2) is 0 Å².